The summed E-state index contributed by atoms with van der Waals surface area (Å²) in [6.07, 6.45) is 0. The summed E-state index contributed by atoms with van der Waals surface area (Å²) < 4.78 is 11.8. The molecule has 0 aliphatic carbocycles. The molecule has 0 spiro atoms. The average molecular weight is 632 g/mol. The Morgan fingerprint density at radius 3 is 1.06 bits per heavy atom. The Labute approximate surface area is 206 Å². The van der Waals surface area contributed by atoms with Crippen molar-refractivity contribution in [3.63, 3.8) is 0 Å². The lowest BCUT2D eigenvalue weighted by atomic mass is 10.2. The maximum atomic E-state index is 6.09. The first-order valence-corrected chi connectivity index (χ1v) is 14.6. The van der Waals surface area contributed by atoms with Gasteiger partial charge < -0.3 is 4.74 Å². The summed E-state index contributed by atoms with van der Waals surface area (Å²) in [5, 5.41) is 0. The number of halogens is 2. The Hall–Kier alpha value is -1.86. The molecular weight excluding hydrogens is 606 g/mol. The van der Waals surface area contributed by atoms with Crippen LogP contribution in [0.2, 0.25) is 0 Å². The predicted molar refractivity (Wildman–Crippen MR) is 120 cm³/mol. The lowest BCUT2D eigenvalue weighted by Crippen LogP contribution is -3.61. The third-order valence-electron chi connectivity index (χ3n) is 4.67. The van der Waals surface area contributed by atoms with Gasteiger partial charge in [-0.3, -0.25) is 0 Å². The molecule has 0 amide bonds. The average Bonchev–Trinajstić information content (AvgIpc) is 2.69. The summed E-state index contributed by atoms with van der Waals surface area (Å²) in [5.74, 6) is 1.79. The summed E-state index contributed by atoms with van der Waals surface area (Å²) in [4.78, 5) is 0. The molecule has 0 aliphatic heterocycles. The molecule has 1 nitrogen and oxygen atoms in total. The van der Waals surface area contributed by atoms with Crippen LogP contribution in [0, 0.1) is 42.0 Å². The third kappa shape index (κ3) is 6.56. The van der Waals surface area contributed by atoms with Gasteiger partial charge in [0.05, 0.1) is 0 Å². The van der Waals surface area contributed by atoms with Crippen LogP contribution in [-0.2, 0) is 0 Å². The van der Waals surface area contributed by atoms with E-state index in [1.807, 2.05) is 0 Å². The second-order valence-electron chi connectivity index (χ2n) is 7.81. The Kier molecular flexibility index (Phi) is 7.33. The minimum absolute atomic E-state index is 0.164. The highest BCUT2D eigenvalue weighted by atomic mass is 127. The topological polar surface area (TPSA) is 9.23 Å². The van der Waals surface area contributed by atoms with Crippen LogP contribution in [0.15, 0.2) is 84.9 Å². The van der Waals surface area contributed by atoms with Crippen molar-refractivity contribution in [2.45, 2.75) is 27.7 Å². The molecule has 0 unspecified atom stereocenters. The summed E-state index contributed by atoms with van der Waals surface area (Å²) >= 11 is -0.329. The molecule has 0 radical (unpaired) electrons. The van der Waals surface area contributed by atoms with Gasteiger partial charge in [-0.1, -0.05) is 12.1 Å². The van der Waals surface area contributed by atoms with E-state index in [9.17, 15) is 0 Å². The van der Waals surface area contributed by atoms with E-state index < -0.39 is 0 Å². The SMILES string of the molecule is Cc1cc(C)cc([I+]c2ccc(Oc3ccc([I+]c4cc(C)cc(C)c4)cc3)cc2)c1. The van der Waals surface area contributed by atoms with Gasteiger partial charge in [0, 0.05) is 0 Å². The van der Waals surface area contributed by atoms with Gasteiger partial charge >= 0.3 is 42.4 Å². The molecular formula is C28H26I2O+2. The first-order valence-electron chi connectivity index (χ1n) is 10.3. The smallest absolute Gasteiger partial charge is 0.357 e. The van der Waals surface area contributed by atoms with Crippen molar-refractivity contribution in [1.82, 2.24) is 0 Å². The molecule has 4 aromatic carbocycles. The zero-order valence-electron chi connectivity index (χ0n) is 18.2. The fraction of sp³-hybridized carbons (Fsp3) is 0.143. The van der Waals surface area contributed by atoms with E-state index in [2.05, 4.69) is 113 Å². The molecule has 0 bridgehead atoms. The van der Waals surface area contributed by atoms with Gasteiger partial charge in [-0.2, -0.15) is 0 Å². The molecule has 0 saturated heterocycles. The molecule has 4 aromatic rings. The Morgan fingerprint density at radius 1 is 0.419 bits per heavy atom. The van der Waals surface area contributed by atoms with Crippen LogP contribution >= 0.6 is 0 Å². The van der Waals surface area contributed by atoms with Crippen LogP contribution in [0.1, 0.15) is 22.3 Å². The van der Waals surface area contributed by atoms with Crippen molar-refractivity contribution in [3.05, 3.63) is 121 Å². The molecule has 31 heavy (non-hydrogen) atoms. The Morgan fingerprint density at radius 2 is 0.742 bits per heavy atom. The van der Waals surface area contributed by atoms with Crippen molar-refractivity contribution in [3.8, 4) is 11.5 Å². The molecule has 3 heteroatoms. The fourth-order valence-electron chi connectivity index (χ4n) is 3.47. The van der Waals surface area contributed by atoms with Gasteiger partial charge in [0.15, 0.2) is 14.3 Å². The summed E-state index contributed by atoms with van der Waals surface area (Å²) in [5.41, 5.74) is 5.38. The maximum Gasteiger partial charge on any atom is 0.357 e. The van der Waals surface area contributed by atoms with Gasteiger partial charge in [-0.05, 0) is 123 Å². The Balaban J connectivity index is 1.38. The van der Waals surface area contributed by atoms with E-state index in [1.54, 1.807) is 0 Å². The maximum absolute atomic E-state index is 6.09. The van der Waals surface area contributed by atoms with Crippen LogP contribution in [-0.4, -0.2) is 0 Å². The van der Waals surface area contributed by atoms with Crippen LogP contribution in [0.5, 0.6) is 11.5 Å². The zero-order chi connectivity index (χ0) is 21.8. The minimum Gasteiger partial charge on any atom is -0.457 e. The number of aryl methyl sites for hydroxylation is 4. The van der Waals surface area contributed by atoms with E-state index >= 15 is 0 Å². The minimum atomic E-state index is -0.164. The molecule has 4 rings (SSSR count). The highest BCUT2D eigenvalue weighted by Crippen LogP contribution is 2.19. The molecule has 0 fully saturated rings. The first-order chi connectivity index (χ1) is 14.9. The molecule has 0 aromatic heterocycles. The number of benzene rings is 4. The highest BCUT2D eigenvalue weighted by Gasteiger charge is 2.18. The van der Waals surface area contributed by atoms with Crippen LogP contribution < -0.4 is 47.1 Å². The zero-order valence-corrected chi connectivity index (χ0v) is 22.6. The van der Waals surface area contributed by atoms with Crippen LogP contribution in [0.4, 0.5) is 0 Å². The van der Waals surface area contributed by atoms with E-state index in [-0.39, 0.29) is 42.4 Å². The van der Waals surface area contributed by atoms with Crippen molar-refractivity contribution >= 4 is 0 Å². The molecule has 156 valence electrons. The van der Waals surface area contributed by atoms with E-state index in [0.29, 0.717) is 0 Å². The molecule has 0 heterocycles. The van der Waals surface area contributed by atoms with Gasteiger partial charge in [0.1, 0.15) is 11.5 Å². The first kappa shape index (κ1) is 22.3. The van der Waals surface area contributed by atoms with E-state index in [1.165, 1.54) is 36.5 Å². The lowest BCUT2D eigenvalue weighted by molar-refractivity contribution is -0.597. The largest absolute Gasteiger partial charge is 0.457 e. The second-order valence-corrected chi connectivity index (χ2v) is 13.9. The van der Waals surface area contributed by atoms with Crippen LogP contribution in [0.25, 0.3) is 0 Å². The summed E-state index contributed by atoms with van der Waals surface area (Å²) in [7, 11) is 0. The number of rotatable bonds is 6. The van der Waals surface area contributed by atoms with Gasteiger partial charge in [0.25, 0.3) is 0 Å². The van der Waals surface area contributed by atoms with E-state index in [4.69, 9.17) is 4.74 Å². The lowest BCUT2D eigenvalue weighted by Gasteiger charge is -2.04. The monoisotopic (exact) mass is 632 g/mol. The van der Waals surface area contributed by atoms with Gasteiger partial charge in [-0.15, -0.1) is 0 Å². The molecule has 0 saturated carbocycles. The second kappa shape index (κ2) is 10.2. The molecule has 0 N–H and O–H groups in total. The van der Waals surface area contributed by atoms with Crippen LogP contribution in [0.3, 0.4) is 0 Å². The number of hydrogen-bond acceptors (Lipinski definition) is 1. The third-order valence-corrected chi connectivity index (χ3v) is 9.85. The number of ether oxygens (including phenoxy) is 1. The summed E-state index contributed by atoms with van der Waals surface area (Å²) in [6.45, 7) is 8.69. The number of hydrogen-bond donors (Lipinski definition) is 0. The van der Waals surface area contributed by atoms with Gasteiger partial charge in [-0.25, -0.2) is 0 Å². The molecule has 0 atom stereocenters. The van der Waals surface area contributed by atoms with Crippen molar-refractivity contribution in [2.75, 3.05) is 0 Å². The highest BCUT2D eigenvalue weighted by molar-refractivity contribution is 5.30. The predicted octanol–water partition coefficient (Wildman–Crippen LogP) is 0.969. The molecule has 0 aliphatic rings. The van der Waals surface area contributed by atoms with Crippen molar-refractivity contribution < 1.29 is 47.1 Å². The normalized spacial score (nSPS) is 10.8. The summed E-state index contributed by atoms with van der Waals surface area (Å²) in [6, 6.07) is 30.9. The Bertz CT molecular complexity index is 1040. The van der Waals surface area contributed by atoms with Gasteiger partial charge in [0.2, 0.25) is 0 Å². The van der Waals surface area contributed by atoms with E-state index in [0.717, 1.165) is 11.5 Å². The standard InChI is InChI=1S/C28H26I2O/c1-19-13-20(2)16-25(15-19)29-23-5-9-27(10-6-23)31-28-11-7-24(8-12-28)30-26-17-21(3)14-22(4)18-26/h5-18H,1-4H3/q+2. The van der Waals surface area contributed by atoms with Crippen molar-refractivity contribution in [1.29, 1.82) is 0 Å². The fourth-order valence-corrected chi connectivity index (χ4v) is 8.93. The quantitative estimate of drug-likeness (QED) is 0.289. The van der Waals surface area contributed by atoms with Crippen molar-refractivity contribution in [2.24, 2.45) is 0 Å².